The minimum atomic E-state index is -3.72. The minimum Gasteiger partial charge on any atom is -0.333 e. The second kappa shape index (κ2) is 8.94. The van der Waals surface area contributed by atoms with Gasteiger partial charge in [-0.25, -0.2) is 8.42 Å². The van der Waals surface area contributed by atoms with Crippen molar-refractivity contribution in [1.29, 1.82) is 0 Å². The Bertz CT molecular complexity index is 946. The highest BCUT2D eigenvalue weighted by Gasteiger charge is 2.24. The number of nitrogens with one attached hydrogen (secondary N) is 2. The fourth-order valence-electron chi connectivity index (χ4n) is 3.15. The van der Waals surface area contributed by atoms with Gasteiger partial charge in [0, 0.05) is 31.2 Å². The summed E-state index contributed by atoms with van der Waals surface area (Å²) in [6.45, 7) is 7.99. The molecule has 0 aliphatic carbocycles. The Labute approximate surface area is 172 Å². The van der Waals surface area contributed by atoms with Crippen LogP contribution in [0.15, 0.2) is 47.4 Å². The quantitative estimate of drug-likeness (QED) is 0.792. The van der Waals surface area contributed by atoms with Crippen molar-refractivity contribution < 1.29 is 13.2 Å². The number of sulfonamides is 1. The number of anilines is 1. The zero-order valence-electron chi connectivity index (χ0n) is 16.2. The van der Waals surface area contributed by atoms with Crippen LogP contribution in [0.25, 0.3) is 0 Å². The highest BCUT2D eigenvalue weighted by Crippen LogP contribution is 2.22. The number of aryl methyl sites for hydroxylation is 1. The Morgan fingerprint density at radius 3 is 2.46 bits per heavy atom. The summed E-state index contributed by atoms with van der Waals surface area (Å²) in [5.41, 5.74) is 2.96. The summed E-state index contributed by atoms with van der Waals surface area (Å²) in [6.07, 6.45) is 0. The van der Waals surface area contributed by atoms with Crippen LogP contribution in [0.2, 0.25) is 0 Å². The van der Waals surface area contributed by atoms with Crippen molar-refractivity contribution in [2.24, 2.45) is 0 Å². The third kappa shape index (κ3) is 4.66. The molecule has 0 radical (unpaired) electrons. The SMILES string of the molecule is Cc1cccc(NS(=O)(=O)c2ccc(C(=O)N3CCNC[C@H]3C)cc2)c1C.Cl. The van der Waals surface area contributed by atoms with Gasteiger partial charge in [-0.1, -0.05) is 12.1 Å². The Balaban J connectivity index is 0.00000280. The van der Waals surface area contributed by atoms with Crippen molar-refractivity contribution in [3.05, 3.63) is 59.2 Å². The van der Waals surface area contributed by atoms with Gasteiger partial charge in [0.2, 0.25) is 0 Å². The van der Waals surface area contributed by atoms with E-state index in [2.05, 4.69) is 10.0 Å². The summed E-state index contributed by atoms with van der Waals surface area (Å²) in [4.78, 5) is 14.6. The molecule has 2 aromatic rings. The zero-order valence-corrected chi connectivity index (χ0v) is 17.9. The summed E-state index contributed by atoms with van der Waals surface area (Å²) >= 11 is 0. The monoisotopic (exact) mass is 423 g/mol. The van der Waals surface area contributed by atoms with E-state index in [0.29, 0.717) is 17.8 Å². The summed E-state index contributed by atoms with van der Waals surface area (Å²) in [5.74, 6) is -0.0737. The molecule has 1 aliphatic rings. The first kappa shape index (κ1) is 22.2. The molecule has 28 heavy (non-hydrogen) atoms. The molecule has 6 nitrogen and oxygen atoms in total. The number of amides is 1. The van der Waals surface area contributed by atoms with Crippen LogP contribution in [0.1, 0.15) is 28.4 Å². The van der Waals surface area contributed by atoms with E-state index in [9.17, 15) is 13.2 Å². The van der Waals surface area contributed by atoms with E-state index in [1.807, 2.05) is 37.8 Å². The maximum Gasteiger partial charge on any atom is 0.261 e. The van der Waals surface area contributed by atoms with Crippen molar-refractivity contribution >= 4 is 34.0 Å². The highest BCUT2D eigenvalue weighted by atomic mass is 35.5. The van der Waals surface area contributed by atoms with Gasteiger partial charge in [-0.15, -0.1) is 12.4 Å². The van der Waals surface area contributed by atoms with E-state index < -0.39 is 10.0 Å². The van der Waals surface area contributed by atoms with Crippen LogP contribution in [-0.4, -0.2) is 44.9 Å². The van der Waals surface area contributed by atoms with Gasteiger partial charge >= 0.3 is 0 Å². The molecule has 0 saturated carbocycles. The summed E-state index contributed by atoms with van der Waals surface area (Å²) in [7, 11) is -3.72. The summed E-state index contributed by atoms with van der Waals surface area (Å²) in [5, 5.41) is 3.25. The predicted molar refractivity (Wildman–Crippen MR) is 114 cm³/mol. The number of rotatable bonds is 4. The molecule has 8 heteroatoms. The van der Waals surface area contributed by atoms with Crippen LogP contribution in [-0.2, 0) is 10.0 Å². The van der Waals surface area contributed by atoms with Crippen LogP contribution in [0.4, 0.5) is 5.69 Å². The van der Waals surface area contributed by atoms with Crippen molar-refractivity contribution in [1.82, 2.24) is 10.2 Å². The fourth-order valence-corrected chi connectivity index (χ4v) is 4.27. The molecule has 1 aliphatic heterocycles. The van der Waals surface area contributed by atoms with Crippen molar-refractivity contribution in [3.63, 3.8) is 0 Å². The Morgan fingerprint density at radius 1 is 1.14 bits per heavy atom. The molecular formula is C20H26ClN3O3S. The largest absolute Gasteiger partial charge is 0.333 e. The molecular weight excluding hydrogens is 398 g/mol. The van der Waals surface area contributed by atoms with Gasteiger partial charge in [-0.2, -0.15) is 0 Å². The van der Waals surface area contributed by atoms with Gasteiger partial charge in [0.25, 0.3) is 15.9 Å². The predicted octanol–water partition coefficient (Wildman–Crippen LogP) is 2.96. The smallest absolute Gasteiger partial charge is 0.261 e. The molecule has 0 aromatic heterocycles. The van der Waals surface area contributed by atoms with Gasteiger partial charge in [-0.05, 0) is 62.2 Å². The average molecular weight is 424 g/mol. The van der Waals surface area contributed by atoms with E-state index >= 15 is 0 Å². The van der Waals surface area contributed by atoms with Crippen molar-refractivity contribution in [3.8, 4) is 0 Å². The third-order valence-electron chi connectivity index (χ3n) is 5.02. The molecule has 2 aromatic carbocycles. The molecule has 1 saturated heterocycles. The number of hydrogen-bond donors (Lipinski definition) is 2. The van der Waals surface area contributed by atoms with Gasteiger partial charge in [-0.3, -0.25) is 9.52 Å². The van der Waals surface area contributed by atoms with Crippen LogP contribution in [0.5, 0.6) is 0 Å². The second-order valence-corrected chi connectivity index (χ2v) is 8.61. The standard InChI is InChI=1S/C20H25N3O3S.ClH/c1-14-5-4-6-19(16(14)3)22-27(25,26)18-9-7-17(8-10-18)20(24)23-12-11-21-13-15(23)2;/h4-10,15,21-22H,11-13H2,1-3H3;1H/t15-;/m1./s1. The maximum absolute atomic E-state index is 12.7. The number of halogens is 1. The van der Waals surface area contributed by atoms with Crippen LogP contribution < -0.4 is 10.0 Å². The molecule has 0 bridgehead atoms. The zero-order chi connectivity index (χ0) is 19.6. The molecule has 3 rings (SSSR count). The molecule has 1 heterocycles. The molecule has 0 spiro atoms. The van der Waals surface area contributed by atoms with Gasteiger partial charge in [0.05, 0.1) is 10.6 Å². The van der Waals surface area contributed by atoms with Crippen LogP contribution in [0.3, 0.4) is 0 Å². The molecule has 152 valence electrons. The number of hydrogen-bond acceptors (Lipinski definition) is 4. The third-order valence-corrected chi connectivity index (χ3v) is 6.40. The van der Waals surface area contributed by atoms with Crippen LogP contribution in [0, 0.1) is 13.8 Å². The highest BCUT2D eigenvalue weighted by molar-refractivity contribution is 7.92. The van der Waals surface area contributed by atoms with Crippen molar-refractivity contribution in [2.75, 3.05) is 24.4 Å². The first-order valence-electron chi connectivity index (χ1n) is 9.00. The average Bonchev–Trinajstić information content (AvgIpc) is 2.65. The van der Waals surface area contributed by atoms with Crippen LogP contribution >= 0.6 is 12.4 Å². The number of benzene rings is 2. The summed E-state index contributed by atoms with van der Waals surface area (Å²) in [6, 6.07) is 11.7. The number of piperazine rings is 1. The Hall–Kier alpha value is -2.09. The Morgan fingerprint density at radius 2 is 1.82 bits per heavy atom. The Kier molecular flexibility index (Phi) is 7.09. The van der Waals surface area contributed by atoms with E-state index in [4.69, 9.17) is 0 Å². The molecule has 1 atom stereocenters. The molecule has 2 N–H and O–H groups in total. The maximum atomic E-state index is 12.7. The first-order valence-corrected chi connectivity index (χ1v) is 10.5. The normalized spacial score (nSPS) is 17.0. The second-order valence-electron chi connectivity index (χ2n) is 6.93. The molecule has 1 fully saturated rings. The lowest BCUT2D eigenvalue weighted by atomic mass is 10.1. The van der Waals surface area contributed by atoms with Crippen molar-refractivity contribution in [2.45, 2.75) is 31.7 Å². The lowest BCUT2D eigenvalue weighted by Crippen LogP contribution is -2.52. The number of carbonyl (C=O) groups is 1. The van der Waals surface area contributed by atoms with Gasteiger partial charge in [0.1, 0.15) is 0 Å². The van der Waals surface area contributed by atoms with Gasteiger partial charge < -0.3 is 10.2 Å². The van der Waals surface area contributed by atoms with E-state index in [1.54, 1.807) is 18.2 Å². The fraction of sp³-hybridized carbons (Fsp3) is 0.350. The van der Waals surface area contributed by atoms with E-state index in [0.717, 1.165) is 24.2 Å². The minimum absolute atomic E-state index is 0. The molecule has 0 unspecified atom stereocenters. The lowest BCUT2D eigenvalue weighted by Gasteiger charge is -2.34. The number of nitrogens with zero attached hydrogens (tertiary/aromatic N) is 1. The van der Waals surface area contributed by atoms with E-state index in [1.165, 1.54) is 12.1 Å². The first-order chi connectivity index (χ1) is 12.8. The number of carbonyl (C=O) groups excluding carboxylic acids is 1. The summed E-state index contributed by atoms with van der Waals surface area (Å²) < 4.78 is 28.0. The van der Waals surface area contributed by atoms with Gasteiger partial charge in [0.15, 0.2) is 0 Å². The topological polar surface area (TPSA) is 78.5 Å². The lowest BCUT2D eigenvalue weighted by molar-refractivity contribution is 0.0655. The van der Waals surface area contributed by atoms with E-state index in [-0.39, 0.29) is 29.3 Å². The molecule has 1 amide bonds.